The summed E-state index contributed by atoms with van der Waals surface area (Å²) < 4.78 is 0. The Morgan fingerprint density at radius 3 is 2.75 bits per heavy atom. The van der Waals surface area contributed by atoms with Crippen molar-refractivity contribution in [3.05, 3.63) is 11.5 Å². The zero-order chi connectivity index (χ0) is 5.98. The molecule has 1 aliphatic carbocycles. The van der Waals surface area contributed by atoms with Crippen LogP contribution < -0.4 is 0 Å². The minimum Gasteiger partial charge on any atom is -0.296 e. The molecule has 0 N–H and O–H groups in total. The number of carbonyl (C=O) groups is 1. The summed E-state index contributed by atoms with van der Waals surface area (Å²) in [5.74, 6) is 0.330. The number of allylic oxidation sites excluding steroid dienone is 2. The van der Waals surface area contributed by atoms with Gasteiger partial charge in [0.1, 0.15) is 13.6 Å². The number of rotatable bonds is 0. The predicted octanol–water partition coefficient (Wildman–Crippen LogP) is 0.256. The van der Waals surface area contributed by atoms with E-state index >= 15 is 0 Å². The normalized spacial score (nSPS) is 20.5. The van der Waals surface area contributed by atoms with Crippen molar-refractivity contribution in [2.45, 2.75) is 19.3 Å². The van der Waals surface area contributed by atoms with Crippen LogP contribution in [0.15, 0.2) is 11.5 Å². The number of hydrogen-bond donors (Lipinski definition) is 0. The smallest absolute Gasteiger partial charge is 0.149 e. The Kier molecular flexibility index (Phi) is 1.52. The first-order valence-corrected chi connectivity index (χ1v) is 3.00. The molecule has 8 heavy (non-hydrogen) atoms. The number of ketones is 1. The van der Waals surface area contributed by atoms with Crippen LogP contribution in [0.5, 0.6) is 0 Å². The van der Waals surface area contributed by atoms with Crippen molar-refractivity contribution in [1.29, 1.82) is 0 Å². The molecule has 0 aromatic rings. The topological polar surface area (TPSA) is 17.1 Å². The molecular weight excluding hydrogens is 98.9 g/mol. The van der Waals surface area contributed by atoms with E-state index in [4.69, 9.17) is 0 Å². The molecule has 42 valence electrons. The first kappa shape index (κ1) is 5.61. The minimum atomic E-state index is 0.330. The van der Waals surface area contributed by atoms with Crippen LogP contribution in [-0.2, 0) is 4.79 Å². The Bertz CT molecular complexity index is 137. The van der Waals surface area contributed by atoms with Gasteiger partial charge in [-0.15, -0.1) is 0 Å². The molecule has 1 rings (SSSR count). The summed E-state index contributed by atoms with van der Waals surface area (Å²) in [5.41, 5.74) is 0.955. The third kappa shape index (κ3) is 0.999. The van der Waals surface area contributed by atoms with E-state index in [9.17, 15) is 4.79 Å². The average molecular weight is 108 g/mol. The molecule has 0 bridgehead atoms. The molecule has 0 radical (unpaired) electrons. The average Bonchev–Trinajstić information content (AvgIpc) is 1.77. The molecule has 0 saturated carbocycles. The van der Waals surface area contributed by atoms with Crippen LogP contribution in [0.25, 0.3) is 0 Å². The number of hydrogen-bond acceptors (Lipinski definition) is 1. The van der Waals surface area contributed by atoms with Crippen molar-refractivity contribution >= 4 is 13.6 Å². The van der Waals surface area contributed by atoms with E-state index in [2.05, 4.69) is 0 Å². The summed E-state index contributed by atoms with van der Waals surface area (Å²) in [6, 6.07) is 0. The van der Waals surface area contributed by atoms with Crippen molar-refractivity contribution in [3.63, 3.8) is 0 Å². The van der Waals surface area contributed by atoms with Gasteiger partial charge in [-0.3, -0.25) is 4.79 Å². The highest BCUT2D eigenvalue weighted by atomic mass is 16.1. The first-order chi connectivity index (χ1) is 3.80. The summed E-state index contributed by atoms with van der Waals surface area (Å²) >= 11 is 0. The third-order valence-corrected chi connectivity index (χ3v) is 1.50. The van der Waals surface area contributed by atoms with Gasteiger partial charge in [0, 0.05) is 6.42 Å². The van der Waals surface area contributed by atoms with E-state index in [-0.39, 0.29) is 0 Å². The van der Waals surface area contributed by atoms with Gasteiger partial charge in [-0.05, 0) is 12.8 Å². The molecule has 1 aliphatic rings. The Morgan fingerprint density at radius 1 is 1.62 bits per heavy atom. The zero-order valence-corrected chi connectivity index (χ0v) is 5.11. The highest BCUT2D eigenvalue weighted by Crippen LogP contribution is 2.10. The summed E-state index contributed by atoms with van der Waals surface area (Å²) in [6.07, 6.45) is 4.93. The highest BCUT2D eigenvalue weighted by molar-refractivity contribution is 6.36. The van der Waals surface area contributed by atoms with Crippen LogP contribution in [0.1, 0.15) is 19.3 Å². The highest BCUT2D eigenvalue weighted by Gasteiger charge is 2.06. The Hall–Kier alpha value is -0.525. The van der Waals surface area contributed by atoms with Crippen molar-refractivity contribution in [1.82, 2.24) is 0 Å². The van der Waals surface area contributed by atoms with Crippen LogP contribution in [0, 0.1) is 0 Å². The fourth-order valence-electron chi connectivity index (χ4n) is 0.892. The van der Waals surface area contributed by atoms with Gasteiger partial charge in [0.15, 0.2) is 0 Å². The van der Waals surface area contributed by atoms with Crippen LogP contribution in [-0.4, -0.2) is 13.6 Å². The zero-order valence-electron chi connectivity index (χ0n) is 5.11. The van der Waals surface area contributed by atoms with Gasteiger partial charge in [-0.1, -0.05) is 11.5 Å². The van der Waals surface area contributed by atoms with Crippen LogP contribution in [0.3, 0.4) is 0 Å². The predicted molar refractivity (Wildman–Crippen MR) is 35.5 cm³/mol. The maximum Gasteiger partial charge on any atom is 0.149 e. The Morgan fingerprint density at radius 2 is 2.38 bits per heavy atom. The van der Waals surface area contributed by atoms with E-state index in [1.54, 1.807) is 0 Å². The van der Waals surface area contributed by atoms with Crippen molar-refractivity contribution in [3.8, 4) is 0 Å². The molecule has 2 heteroatoms. The molecule has 0 aromatic carbocycles. The summed E-state index contributed by atoms with van der Waals surface area (Å²) in [6.45, 7) is 0. The van der Waals surface area contributed by atoms with Gasteiger partial charge in [0.25, 0.3) is 0 Å². The number of carbonyl (C=O) groups excluding carboxylic acids is 1. The second-order valence-electron chi connectivity index (χ2n) is 2.20. The van der Waals surface area contributed by atoms with E-state index in [0.717, 1.165) is 24.7 Å². The lowest BCUT2D eigenvalue weighted by Crippen LogP contribution is -2.05. The van der Waals surface area contributed by atoms with Gasteiger partial charge in [-0.25, -0.2) is 0 Å². The maximum absolute atomic E-state index is 10.7. The van der Waals surface area contributed by atoms with Gasteiger partial charge in [0.05, 0.1) is 0 Å². The summed E-state index contributed by atoms with van der Waals surface area (Å²) in [7, 11) is 1.89. The molecule has 0 heterocycles. The largest absolute Gasteiger partial charge is 0.296 e. The monoisotopic (exact) mass is 108 g/mol. The first-order valence-electron chi connectivity index (χ1n) is 3.00. The standard InChI is InChI=1S/C6H9BO/c7-5-3-1-2-4-6(5)8/h3H,1-2,4,7H2. The Labute approximate surface area is 50.2 Å². The van der Waals surface area contributed by atoms with Crippen molar-refractivity contribution in [2.24, 2.45) is 0 Å². The molecule has 0 saturated heterocycles. The Balaban J connectivity index is 2.67. The second kappa shape index (κ2) is 2.16. The van der Waals surface area contributed by atoms with Crippen LogP contribution >= 0.6 is 0 Å². The van der Waals surface area contributed by atoms with Crippen LogP contribution in [0.2, 0.25) is 0 Å². The number of Topliss-reactive ketones (excluding diaryl/α,β-unsaturated/α-hetero) is 1. The fourth-order valence-corrected chi connectivity index (χ4v) is 0.892. The van der Waals surface area contributed by atoms with Gasteiger partial charge < -0.3 is 0 Å². The molecule has 0 unspecified atom stereocenters. The lowest BCUT2D eigenvalue weighted by molar-refractivity contribution is -0.115. The molecule has 0 aromatic heterocycles. The second-order valence-corrected chi connectivity index (χ2v) is 2.20. The van der Waals surface area contributed by atoms with Crippen molar-refractivity contribution in [2.75, 3.05) is 0 Å². The van der Waals surface area contributed by atoms with Crippen molar-refractivity contribution < 1.29 is 4.79 Å². The van der Waals surface area contributed by atoms with E-state index < -0.39 is 0 Å². The molecule has 0 amide bonds. The minimum absolute atomic E-state index is 0.330. The lowest BCUT2D eigenvalue weighted by atomic mass is 9.84. The third-order valence-electron chi connectivity index (χ3n) is 1.50. The molecule has 0 aliphatic heterocycles. The SMILES string of the molecule is BC1=CCCCC1=O. The molecule has 0 atom stereocenters. The van der Waals surface area contributed by atoms with Gasteiger partial charge in [-0.2, -0.15) is 0 Å². The van der Waals surface area contributed by atoms with E-state index in [0.29, 0.717) is 5.78 Å². The van der Waals surface area contributed by atoms with Gasteiger partial charge in [0.2, 0.25) is 0 Å². The quantitative estimate of drug-likeness (QED) is 0.406. The van der Waals surface area contributed by atoms with E-state index in [1.165, 1.54) is 0 Å². The molecule has 0 spiro atoms. The fraction of sp³-hybridized carbons (Fsp3) is 0.500. The van der Waals surface area contributed by atoms with E-state index in [1.807, 2.05) is 13.9 Å². The lowest BCUT2D eigenvalue weighted by Gasteiger charge is -2.05. The molecule has 0 fully saturated rings. The molecule has 1 nitrogen and oxygen atoms in total. The summed E-state index contributed by atoms with van der Waals surface area (Å²) in [5, 5.41) is 0. The maximum atomic E-state index is 10.7. The van der Waals surface area contributed by atoms with Gasteiger partial charge >= 0.3 is 0 Å². The summed E-state index contributed by atoms with van der Waals surface area (Å²) in [4.78, 5) is 10.7. The van der Waals surface area contributed by atoms with Crippen LogP contribution in [0.4, 0.5) is 0 Å². The molecular formula is C6H9BO.